The molecule has 0 amide bonds. The lowest BCUT2D eigenvalue weighted by molar-refractivity contribution is 0.154. The SMILES string of the molecule is CCOc1ccc(C2N3CCc4ccccc4C3CN2S(=O)(=O)c2ccc(C)cc2)cc1OCC. The van der Waals surface area contributed by atoms with Crippen LogP contribution in [0.4, 0.5) is 0 Å². The van der Waals surface area contributed by atoms with Crippen LogP contribution in [0.1, 0.15) is 48.3 Å². The highest BCUT2D eigenvalue weighted by Gasteiger charge is 2.48. The molecule has 6 nitrogen and oxygen atoms in total. The van der Waals surface area contributed by atoms with Crippen molar-refractivity contribution in [3.8, 4) is 11.5 Å². The van der Waals surface area contributed by atoms with E-state index in [1.165, 1.54) is 11.1 Å². The molecule has 0 aromatic heterocycles. The Morgan fingerprint density at radius 3 is 2.37 bits per heavy atom. The average Bonchev–Trinajstić information content (AvgIpc) is 3.27. The highest BCUT2D eigenvalue weighted by atomic mass is 32.2. The van der Waals surface area contributed by atoms with Crippen LogP contribution in [-0.4, -0.2) is 43.9 Å². The minimum absolute atomic E-state index is 0.00714. The van der Waals surface area contributed by atoms with E-state index in [0.717, 1.165) is 24.1 Å². The minimum Gasteiger partial charge on any atom is -0.490 e. The van der Waals surface area contributed by atoms with Crippen LogP contribution in [-0.2, 0) is 16.4 Å². The highest BCUT2D eigenvalue weighted by molar-refractivity contribution is 7.89. The first kappa shape index (κ1) is 23.9. The molecule has 0 aliphatic carbocycles. The lowest BCUT2D eigenvalue weighted by atomic mass is 9.93. The number of hydrogen-bond donors (Lipinski definition) is 0. The van der Waals surface area contributed by atoms with Crippen LogP contribution in [0.5, 0.6) is 11.5 Å². The fourth-order valence-electron chi connectivity index (χ4n) is 5.26. The first-order valence-corrected chi connectivity index (χ1v) is 13.7. The summed E-state index contributed by atoms with van der Waals surface area (Å²) in [4.78, 5) is 2.64. The quantitative estimate of drug-likeness (QED) is 0.460. The standard InChI is InChI=1S/C28H32N2O4S/c1-4-33-26-15-12-22(18-27(26)34-5-2)28-29-17-16-21-8-6-7-9-24(21)25(29)19-30(28)35(31,32)23-13-10-20(3)11-14-23/h6-15,18,25,28H,4-5,16-17,19H2,1-3H3. The van der Waals surface area contributed by atoms with Crippen molar-refractivity contribution in [2.75, 3.05) is 26.3 Å². The molecule has 2 heterocycles. The van der Waals surface area contributed by atoms with Gasteiger partial charge in [-0.25, -0.2) is 8.42 Å². The molecule has 1 saturated heterocycles. The molecule has 2 aliphatic rings. The van der Waals surface area contributed by atoms with Crippen LogP contribution in [0.2, 0.25) is 0 Å². The fraction of sp³-hybridized carbons (Fsp3) is 0.357. The molecule has 2 atom stereocenters. The Balaban J connectivity index is 1.62. The third-order valence-corrected chi connectivity index (χ3v) is 8.72. The molecule has 5 rings (SSSR count). The van der Waals surface area contributed by atoms with Gasteiger partial charge >= 0.3 is 0 Å². The summed E-state index contributed by atoms with van der Waals surface area (Å²) in [6, 6.07) is 21.3. The van der Waals surface area contributed by atoms with Gasteiger partial charge in [0.1, 0.15) is 6.17 Å². The van der Waals surface area contributed by atoms with E-state index in [1.807, 2.05) is 57.2 Å². The maximum Gasteiger partial charge on any atom is 0.244 e. The number of nitrogens with zero attached hydrogens (tertiary/aromatic N) is 2. The molecule has 3 aromatic rings. The number of rotatable bonds is 7. The van der Waals surface area contributed by atoms with Crippen molar-refractivity contribution in [3.63, 3.8) is 0 Å². The Bertz CT molecular complexity index is 1310. The number of benzene rings is 3. The maximum atomic E-state index is 14.0. The third-order valence-electron chi connectivity index (χ3n) is 6.89. The van der Waals surface area contributed by atoms with Gasteiger partial charge in [-0.1, -0.05) is 48.0 Å². The second-order valence-electron chi connectivity index (χ2n) is 9.04. The molecule has 0 radical (unpaired) electrons. The Labute approximate surface area is 208 Å². The first-order chi connectivity index (χ1) is 16.9. The molecule has 2 aliphatic heterocycles. The molecule has 0 N–H and O–H groups in total. The van der Waals surface area contributed by atoms with Crippen molar-refractivity contribution in [1.82, 2.24) is 9.21 Å². The van der Waals surface area contributed by atoms with Crippen LogP contribution >= 0.6 is 0 Å². The lowest BCUT2D eigenvalue weighted by Crippen LogP contribution is -2.37. The van der Waals surface area contributed by atoms with Crippen molar-refractivity contribution in [3.05, 3.63) is 89.0 Å². The Morgan fingerprint density at radius 2 is 1.63 bits per heavy atom. The predicted octanol–water partition coefficient (Wildman–Crippen LogP) is 5.09. The van der Waals surface area contributed by atoms with Gasteiger partial charge in [0.05, 0.1) is 24.2 Å². The van der Waals surface area contributed by atoms with E-state index in [4.69, 9.17) is 9.47 Å². The molecule has 3 aromatic carbocycles. The van der Waals surface area contributed by atoms with Crippen molar-refractivity contribution < 1.29 is 17.9 Å². The van der Waals surface area contributed by atoms with Gasteiger partial charge in [-0.3, -0.25) is 4.90 Å². The van der Waals surface area contributed by atoms with E-state index in [0.29, 0.717) is 36.2 Å². The van der Waals surface area contributed by atoms with Crippen molar-refractivity contribution in [2.24, 2.45) is 0 Å². The molecule has 0 spiro atoms. The van der Waals surface area contributed by atoms with Gasteiger partial charge in [-0.05, 0) is 68.1 Å². The fourth-order valence-corrected chi connectivity index (χ4v) is 6.86. The molecular formula is C28H32N2O4S. The maximum absolute atomic E-state index is 14.0. The average molecular weight is 493 g/mol. The van der Waals surface area contributed by atoms with Crippen molar-refractivity contribution in [2.45, 2.75) is 44.3 Å². The predicted molar refractivity (Wildman–Crippen MR) is 136 cm³/mol. The Hall–Kier alpha value is -2.87. The summed E-state index contributed by atoms with van der Waals surface area (Å²) >= 11 is 0. The molecule has 1 fully saturated rings. The minimum atomic E-state index is -3.74. The van der Waals surface area contributed by atoms with E-state index < -0.39 is 16.2 Å². The van der Waals surface area contributed by atoms with Gasteiger partial charge in [0.25, 0.3) is 0 Å². The number of ether oxygens (including phenoxy) is 2. The molecule has 35 heavy (non-hydrogen) atoms. The molecule has 0 saturated carbocycles. The van der Waals surface area contributed by atoms with Gasteiger partial charge in [-0.15, -0.1) is 0 Å². The van der Waals surface area contributed by atoms with E-state index in [1.54, 1.807) is 16.4 Å². The van der Waals surface area contributed by atoms with E-state index in [9.17, 15) is 8.42 Å². The topological polar surface area (TPSA) is 59.1 Å². The Morgan fingerprint density at radius 1 is 0.914 bits per heavy atom. The molecule has 2 unspecified atom stereocenters. The second-order valence-corrected chi connectivity index (χ2v) is 10.9. The summed E-state index contributed by atoms with van der Waals surface area (Å²) < 4.78 is 41.3. The van der Waals surface area contributed by atoms with Gasteiger partial charge in [0.2, 0.25) is 10.0 Å². The largest absolute Gasteiger partial charge is 0.490 e. The zero-order valence-electron chi connectivity index (χ0n) is 20.5. The van der Waals surface area contributed by atoms with Gasteiger partial charge in [0, 0.05) is 13.1 Å². The van der Waals surface area contributed by atoms with Crippen LogP contribution in [0.15, 0.2) is 71.6 Å². The van der Waals surface area contributed by atoms with Crippen LogP contribution in [0.3, 0.4) is 0 Å². The van der Waals surface area contributed by atoms with E-state index in [-0.39, 0.29) is 6.04 Å². The number of fused-ring (bicyclic) bond motifs is 3. The molecule has 7 heteroatoms. The van der Waals surface area contributed by atoms with Crippen molar-refractivity contribution in [1.29, 1.82) is 0 Å². The monoisotopic (exact) mass is 492 g/mol. The summed E-state index contributed by atoms with van der Waals surface area (Å²) in [6.45, 7) is 8.04. The molecular weight excluding hydrogens is 460 g/mol. The van der Waals surface area contributed by atoms with Gasteiger partial charge in [0.15, 0.2) is 11.5 Å². The molecule has 0 bridgehead atoms. The summed E-state index contributed by atoms with van der Waals surface area (Å²) in [5.74, 6) is 1.31. The highest BCUT2D eigenvalue weighted by Crippen LogP contribution is 2.47. The summed E-state index contributed by atoms with van der Waals surface area (Å²) in [5.41, 5.74) is 4.42. The summed E-state index contributed by atoms with van der Waals surface area (Å²) in [5, 5.41) is 0. The summed E-state index contributed by atoms with van der Waals surface area (Å²) in [7, 11) is -3.74. The van der Waals surface area contributed by atoms with Crippen LogP contribution < -0.4 is 9.47 Å². The number of hydrogen-bond acceptors (Lipinski definition) is 5. The lowest BCUT2D eigenvalue weighted by Gasteiger charge is -2.36. The van der Waals surface area contributed by atoms with E-state index in [2.05, 4.69) is 23.1 Å². The normalized spacial score (nSPS) is 20.3. The number of sulfonamides is 1. The molecule has 184 valence electrons. The van der Waals surface area contributed by atoms with Crippen LogP contribution in [0, 0.1) is 6.92 Å². The van der Waals surface area contributed by atoms with Gasteiger partial charge in [-0.2, -0.15) is 4.31 Å². The van der Waals surface area contributed by atoms with Gasteiger partial charge < -0.3 is 9.47 Å². The van der Waals surface area contributed by atoms with Crippen LogP contribution in [0.25, 0.3) is 0 Å². The first-order valence-electron chi connectivity index (χ1n) is 12.3. The summed E-state index contributed by atoms with van der Waals surface area (Å²) in [6.07, 6.45) is 0.450. The zero-order valence-corrected chi connectivity index (χ0v) is 21.3. The third kappa shape index (κ3) is 4.33. The number of aryl methyl sites for hydroxylation is 1. The zero-order chi connectivity index (χ0) is 24.6. The smallest absolute Gasteiger partial charge is 0.244 e. The Kier molecular flexibility index (Phi) is 6.57. The van der Waals surface area contributed by atoms with E-state index >= 15 is 0 Å². The second kappa shape index (κ2) is 9.64. The van der Waals surface area contributed by atoms with Crippen molar-refractivity contribution >= 4 is 10.0 Å².